The molecule has 2 aromatic heterocycles. The Hall–Kier alpha value is -1.75. The van der Waals surface area contributed by atoms with Gasteiger partial charge < -0.3 is 5.11 Å². The van der Waals surface area contributed by atoms with E-state index >= 15 is 0 Å². The Morgan fingerprint density at radius 2 is 2.20 bits per heavy atom. The summed E-state index contributed by atoms with van der Waals surface area (Å²) in [6.07, 6.45) is 4.17. The van der Waals surface area contributed by atoms with Crippen LogP contribution in [0.1, 0.15) is 43.6 Å². The van der Waals surface area contributed by atoms with Gasteiger partial charge in [-0.05, 0) is 46.1 Å². The fourth-order valence-corrected chi connectivity index (χ4v) is 3.17. The average molecular weight is 273 g/mol. The van der Waals surface area contributed by atoms with Crippen molar-refractivity contribution >= 4 is 11.0 Å². The second kappa shape index (κ2) is 4.38. The van der Waals surface area contributed by atoms with Gasteiger partial charge in [-0.2, -0.15) is 0 Å². The molecule has 1 aliphatic carbocycles. The van der Waals surface area contributed by atoms with Crippen LogP contribution in [0.3, 0.4) is 0 Å². The molecule has 0 radical (unpaired) electrons. The second-order valence-electron chi connectivity index (χ2n) is 5.96. The van der Waals surface area contributed by atoms with Crippen LogP contribution in [0.15, 0.2) is 17.1 Å². The van der Waals surface area contributed by atoms with E-state index < -0.39 is 5.60 Å². The fraction of sp³-hybridized carbons (Fsp3) is 0.533. The molecule has 2 heterocycles. The van der Waals surface area contributed by atoms with E-state index in [0.717, 1.165) is 18.2 Å². The van der Waals surface area contributed by atoms with E-state index in [4.69, 9.17) is 0 Å². The highest BCUT2D eigenvalue weighted by molar-refractivity contribution is 5.75. The smallest absolute Gasteiger partial charge is 0.255 e. The second-order valence-corrected chi connectivity index (χ2v) is 5.96. The Labute approximate surface area is 117 Å². The van der Waals surface area contributed by atoms with Gasteiger partial charge in [-0.3, -0.25) is 9.36 Å². The minimum atomic E-state index is -0.858. The van der Waals surface area contributed by atoms with Crippen molar-refractivity contribution in [3.8, 4) is 0 Å². The predicted molar refractivity (Wildman–Crippen MR) is 76.8 cm³/mol. The van der Waals surface area contributed by atoms with Gasteiger partial charge in [0.15, 0.2) is 0 Å². The molecule has 3 rings (SSSR count). The van der Waals surface area contributed by atoms with Crippen molar-refractivity contribution in [3.63, 3.8) is 0 Å². The number of aromatic nitrogens is 3. The molecule has 1 aliphatic rings. The number of nitrogens with zero attached hydrogens (tertiary/aromatic N) is 3. The van der Waals surface area contributed by atoms with Crippen LogP contribution in [-0.4, -0.2) is 25.2 Å². The molecule has 0 spiro atoms. The molecular formula is C15H19N3O2. The molecule has 1 fully saturated rings. The topological polar surface area (TPSA) is 68.0 Å². The van der Waals surface area contributed by atoms with Gasteiger partial charge >= 0.3 is 0 Å². The number of aryl methyl sites for hydroxylation is 2. The van der Waals surface area contributed by atoms with E-state index in [2.05, 4.69) is 9.97 Å². The minimum Gasteiger partial charge on any atom is -0.388 e. The summed E-state index contributed by atoms with van der Waals surface area (Å²) in [6.45, 7) is 5.40. The van der Waals surface area contributed by atoms with Crippen LogP contribution in [0, 0.1) is 13.8 Å². The van der Waals surface area contributed by atoms with Crippen LogP contribution in [0.2, 0.25) is 0 Å². The van der Waals surface area contributed by atoms with Gasteiger partial charge in [-0.15, -0.1) is 0 Å². The van der Waals surface area contributed by atoms with E-state index in [1.54, 1.807) is 31.5 Å². The van der Waals surface area contributed by atoms with Crippen molar-refractivity contribution in [2.45, 2.75) is 51.7 Å². The number of hydrogen-bond acceptors (Lipinski definition) is 4. The van der Waals surface area contributed by atoms with Gasteiger partial charge in [0.05, 0.1) is 11.6 Å². The third kappa shape index (κ3) is 1.93. The lowest BCUT2D eigenvalue weighted by molar-refractivity contribution is 0.0266. The normalized spacial score (nSPS) is 26.3. The Kier molecular flexibility index (Phi) is 2.90. The summed E-state index contributed by atoms with van der Waals surface area (Å²) in [5, 5.41) is 11.4. The monoisotopic (exact) mass is 273 g/mol. The molecule has 1 N–H and O–H groups in total. The van der Waals surface area contributed by atoms with Crippen molar-refractivity contribution < 1.29 is 5.11 Å². The summed E-state index contributed by atoms with van der Waals surface area (Å²) in [5.41, 5.74) is 0.361. The first-order chi connectivity index (χ1) is 9.40. The maximum Gasteiger partial charge on any atom is 0.255 e. The lowest BCUT2D eigenvalue weighted by Gasteiger charge is -2.28. The number of pyridine rings is 1. The molecule has 0 amide bonds. The Balaban J connectivity index is 2.36. The quantitative estimate of drug-likeness (QED) is 0.861. The lowest BCUT2D eigenvalue weighted by atomic mass is 9.99. The predicted octanol–water partition coefficient (Wildman–Crippen LogP) is 1.88. The van der Waals surface area contributed by atoms with E-state index in [1.165, 1.54) is 0 Å². The summed E-state index contributed by atoms with van der Waals surface area (Å²) >= 11 is 0. The Morgan fingerprint density at radius 3 is 2.85 bits per heavy atom. The van der Waals surface area contributed by atoms with E-state index in [-0.39, 0.29) is 11.6 Å². The maximum atomic E-state index is 12.6. The van der Waals surface area contributed by atoms with Gasteiger partial charge in [0.25, 0.3) is 5.56 Å². The number of rotatable bonds is 1. The highest BCUT2D eigenvalue weighted by Crippen LogP contribution is 2.39. The van der Waals surface area contributed by atoms with Crippen LogP contribution >= 0.6 is 0 Å². The standard InChI is InChI=1S/C15H19N3O2/c1-9-7-11-8-16-10(2)17-13(11)18(14(9)19)12-5-4-6-15(12,3)20/h7-8,12,20H,4-6H2,1-3H3/t12-,15-/m0/s1. The number of hydrogen-bond donors (Lipinski definition) is 1. The van der Waals surface area contributed by atoms with Crippen molar-refractivity contribution in [2.24, 2.45) is 0 Å². The molecule has 0 aromatic carbocycles. The van der Waals surface area contributed by atoms with Gasteiger partial charge in [0.1, 0.15) is 11.5 Å². The molecule has 0 aliphatic heterocycles. The molecule has 0 unspecified atom stereocenters. The summed E-state index contributed by atoms with van der Waals surface area (Å²) in [7, 11) is 0. The number of aliphatic hydroxyl groups is 1. The molecule has 2 atom stereocenters. The first-order valence-corrected chi connectivity index (χ1v) is 6.98. The van der Waals surface area contributed by atoms with Crippen molar-refractivity contribution in [1.82, 2.24) is 14.5 Å². The zero-order valence-electron chi connectivity index (χ0n) is 12.1. The van der Waals surface area contributed by atoms with Gasteiger partial charge in [0.2, 0.25) is 0 Å². The average Bonchev–Trinajstić information content (AvgIpc) is 2.71. The lowest BCUT2D eigenvalue weighted by Crippen LogP contribution is -2.38. The minimum absolute atomic E-state index is 0.0669. The highest BCUT2D eigenvalue weighted by atomic mass is 16.3. The van der Waals surface area contributed by atoms with Crippen LogP contribution in [0.4, 0.5) is 0 Å². The van der Waals surface area contributed by atoms with Crippen molar-refractivity contribution in [1.29, 1.82) is 0 Å². The van der Waals surface area contributed by atoms with E-state index in [1.807, 2.05) is 6.07 Å². The fourth-order valence-electron chi connectivity index (χ4n) is 3.17. The van der Waals surface area contributed by atoms with E-state index in [0.29, 0.717) is 23.5 Å². The molecule has 1 saturated carbocycles. The molecule has 5 heteroatoms. The van der Waals surface area contributed by atoms with E-state index in [9.17, 15) is 9.90 Å². The largest absolute Gasteiger partial charge is 0.388 e. The summed E-state index contributed by atoms with van der Waals surface area (Å²) in [5.74, 6) is 0.632. The van der Waals surface area contributed by atoms with Crippen molar-refractivity contribution in [3.05, 3.63) is 34.0 Å². The molecular weight excluding hydrogens is 254 g/mol. The molecule has 20 heavy (non-hydrogen) atoms. The molecule has 0 bridgehead atoms. The van der Waals surface area contributed by atoms with Crippen molar-refractivity contribution in [2.75, 3.05) is 0 Å². The number of fused-ring (bicyclic) bond motifs is 1. The Morgan fingerprint density at radius 1 is 1.45 bits per heavy atom. The summed E-state index contributed by atoms with van der Waals surface area (Å²) < 4.78 is 1.67. The highest BCUT2D eigenvalue weighted by Gasteiger charge is 2.39. The summed E-state index contributed by atoms with van der Waals surface area (Å²) in [6, 6.07) is 1.60. The SMILES string of the molecule is Cc1ncc2cc(C)c(=O)n([C@H]3CCC[C@]3(C)O)c2n1. The van der Waals surface area contributed by atoms with Gasteiger partial charge in [0, 0.05) is 17.1 Å². The zero-order valence-corrected chi connectivity index (χ0v) is 12.1. The third-order valence-corrected chi connectivity index (χ3v) is 4.26. The molecule has 106 valence electrons. The first kappa shape index (κ1) is 13.2. The third-order valence-electron chi connectivity index (χ3n) is 4.26. The molecule has 2 aromatic rings. The first-order valence-electron chi connectivity index (χ1n) is 6.98. The molecule has 5 nitrogen and oxygen atoms in total. The van der Waals surface area contributed by atoms with Crippen LogP contribution in [-0.2, 0) is 0 Å². The Bertz CT molecular complexity index is 734. The van der Waals surface area contributed by atoms with Crippen LogP contribution < -0.4 is 5.56 Å². The van der Waals surface area contributed by atoms with Crippen LogP contribution in [0.25, 0.3) is 11.0 Å². The van der Waals surface area contributed by atoms with Gasteiger partial charge in [-0.25, -0.2) is 9.97 Å². The zero-order chi connectivity index (χ0) is 14.5. The van der Waals surface area contributed by atoms with Crippen LogP contribution in [0.5, 0.6) is 0 Å². The van der Waals surface area contributed by atoms with Gasteiger partial charge in [-0.1, -0.05) is 0 Å². The molecule has 0 saturated heterocycles. The summed E-state index contributed by atoms with van der Waals surface area (Å²) in [4.78, 5) is 21.2. The maximum absolute atomic E-state index is 12.6.